The molecule has 2 aromatic heterocycles. The van der Waals surface area contributed by atoms with Gasteiger partial charge in [-0.1, -0.05) is 38.1 Å². The highest BCUT2D eigenvalue weighted by molar-refractivity contribution is 7.18. The lowest BCUT2D eigenvalue weighted by atomic mass is 10.1. The van der Waals surface area contributed by atoms with Crippen LogP contribution in [0.25, 0.3) is 10.2 Å². The third-order valence-electron chi connectivity index (χ3n) is 3.92. The number of aromatic nitrogens is 2. The second-order valence-corrected chi connectivity index (χ2v) is 6.55. The van der Waals surface area contributed by atoms with Crippen molar-refractivity contribution in [1.82, 2.24) is 9.55 Å². The van der Waals surface area contributed by atoms with Gasteiger partial charge in [-0.05, 0) is 24.5 Å². The van der Waals surface area contributed by atoms with Crippen molar-refractivity contribution in [3.8, 4) is 0 Å². The number of rotatable bonds is 5. The number of nitrogens with zero attached hydrogens (tertiary/aromatic N) is 2. The molecule has 3 rings (SSSR count). The Morgan fingerprint density at radius 1 is 1.17 bits per heavy atom. The molecule has 3 aromatic rings. The normalized spacial score (nSPS) is 11.0. The summed E-state index contributed by atoms with van der Waals surface area (Å²) in [5.41, 5.74) is 1.66. The van der Waals surface area contributed by atoms with Gasteiger partial charge in [-0.25, -0.2) is 4.98 Å². The van der Waals surface area contributed by atoms with Gasteiger partial charge in [0.15, 0.2) is 5.78 Å². The van der Waals surface area contributed by atoms with Crippen LogP contribution in [-0.2, 0) is 19.4 Å². The molecular weight excluding hydrogens is 308 g/mol. The number of carbonyl (C=O) groups is 1. The first-order chi connectivity index (χ1) is 11.1. The Kier molecular flexibility index (Phi) is 4.39. The fourth-order valence-electron chi connectivity index (χ4n) is 2.47. The van der Waals surface area contributed by atoms with Crippen molar-refractivity contribution in [3.05, 3.63) is 63.0 Å². The standard InChI is InChI=1S/C18H18N2O2S/c1-3-12-5-7-13(8-6-12)16(21)10-20-11-19-17-15(18(20)22)9-14(4-2)23-17/h5-9,11H,3-4,10H2,1-2H3. The molecule has 1 aromatic carbocycles. The van der Waals surface area contributed by atoms with Crippen LogP contribution in [0, 0.1) is 0 Å². The summed E-state index contributed by atoms with van der Waals surface area (Å²) in [5.74, 6) is -0.0816. The maximum atomic E-state index is 12.5. The minimum Gasteiger partial charge on any atom is -0.292 e. The average Bonchev–Trinajstić information content (AvgIpc) is 3.01. The molecule has 0 aliphatic heterocycles. The van der Waals surface area contributed by atoms with E-state index in [9.17, 15) is 9.59 Å². The van der Waals surface area contributed by atoms with Crippen LogP contribution in [0.4, 0.5) is 0 Å². The van der Waals surface area contributed by atoms with Crippen molar-refractivity contribution in [1.29, 1.82) is 0 Å². The molecule has 0 N–H and O–H groups in total. The van der Waals surface area contributed by atoms with E-state index < -0.39 is 0 Å². The van der Waals surface area contributed by atoms with Gasteiger partial charge in [-0.15, -0.1) is 11.3 Å². The van der Waals surface area contributed by atoms with Gasteiger partial charge in [0.05, 0.1) is 18.3 Å². The lowest BCUT2D eigenvalue weighted by Crippen LogP contribution is -2.24. The molecule has 0 aliphatic rings. The smallest absolute Gasteiger partial charge is 0.262 e. The van der Waals surface area contributed by atoms with Crippen molar-refractivity contribution in [2.24, 2.45) is 0 Å². The molecule has 0 saturated carbocycles. The second-order valence-electron chi connectivity index (χ2n) is 5.44. The van der Waals surface area contributed by atoms with Gasteiger partial charge in [0.25, 0.3) is 5.56 Å². The van der Waals surface area contributed by atoms with Gasteiger partial charge in [0.2, 0.25) is 0 Å². The molecule has 0 atom stereocenters. The zero-order valence-corrected chi connectivity index (χ0v) is 14.0. The van der Waals surface area contributed by atoms with Crippen LogP contribution in [0.3, 0.4) is 0 Å². The molecule has 0 spiro atoms. The third-order valence-corrected chi connectivity index (χ3v) is 5.10. The zero-order chi connectivity index (χ0) is 16.4. The van der Waals surface area contributed by atoms with Crippen LogP contribution < -0.4 is 5.56 Å². The van der Waals surface area contributed by atoms with Crippen molar-refractivity contribution >= 4 is 27.3 Å². The summed E-state index contributed by atoms with van der Waals surface area (Å²) in [4.78, 5) is 31.1. The van der Waals surface area contributed by atoms with Crippen molar-refractivity contribution < 1.29 is 4.79 Å². The van der Waals surface area contributed by atoms with Crippen molar-refractivity contribution in [2.45, 2.75) is 33.2 Å². The maximum absolute atomic E-state index is 12.5. The van der Waals surface area contributed by atoms with E-state index in [0.29, 0.717) is 10.9 Å². The molecular formula is C18H18N2O2S. The molecule has 0 fully saturated rings. The van der Waals surface area contributed by atoms with E-state index >= 15 is 0 Å². The number of ketones is 1. The Labute approximate surface area is 138 Å². The number of Topliss-reactive ketones (excluding diaryl/α,β-unsaturated/α-hetero) is 1. The summed E-state index contributed by atoms with van der Waals surface area (Å²) >= 11 is 1.53. The van der Waals surface area contributed by atoms with E-state index in [1.165, 1.54) is 27.8 Å². The Morgan fingerprint density at radius 2 is 1.91 bits per heavy atom. The molecule has 0 unspecified atom stereocenters. The van der Waals surface area contributed by atoms with Gasteiger partial charge in [0.1, 0.15) is 4.83 Å². The van der Waals surface area contributed by atoms with Gasteiger partial charge < -0.3 is 0 Å². The largest absolute Gasteiger partial charge is 0.292 e. The molecule has 23 heavy (non-hydrogen) atoms. The van der Waals surface area contributed by atoms with E-state index in [2.05, 4.69) is 11.9 Å². The highest BCUT2D eigenvalue weighted by Crippen LogP contribution is 2.21. The molecule has 0 aliphatic carbocycles. The molecule has 118 valence electrons. The van der Waals surface area contributed by atoms with Crippen molar-refractivity contribution in [2.75, 3.05) is 0 Å². The highest BCUT2D eigenvalue weighted by Gasteiger charge is 2.12. The monoisotopic (exact) mass is 326 g/mol. The van der Waals surface area contributed by atoms with Crippen LogP contribution >= 0.6 is 11.3 Å². The van der Waals surface area contributed by atoms with Gasteiger partial charge in [0, 0.05) is 10.4 Å². The van der Waals surface area contributed by atoms with Crippen LogP contribution in [-0.4, -0.2) is 15.3 Å². The lowest BCUT2D eigenvalue weighted by Gasteiger charge is -2.05. The summed E-state index contributed by atoms with van der Waals surface area (Å²) < 4.78 is 1.39. The molecule has 0 radical (unpaired) electrons. The number of hydrogen-bond donors (Lipinski definition) is 0. The second kappa shape index (κ2) is 6.46. The molecule has 0 saturated heterocycles. The minimum absolute atomic E-state index is 0.0184. The van der Waals surface area contributed by atoms with Gasteiger partial charge in [-0.3, -0.25) is 14.2 Å². The first-order valence-corrected chi connectivity index (χ1v) is 8.54. The fourth-order valence-corrected chi connectivity index (χ4v) is 3.39. The lowest BCUT2D eigenvalue weighted by molar-refractivity contribution is 0.0970. The topological polar surface area (TPSA) is 52.0 Å². The quantitative estimate of drug-likeness (QED) is 0.675. The number of thiophene rings is 1. The predicted octanol–water partition coefficient (Wildman–Crippen LogP) is 3.47. The number of hydrogen-bond acceptors (Lipinski definition) is 4. The summed E-state index contributed by atoms with van der Waals surface area (Å²) in [6.45, 7) is 4.14. The molecule has 5 heteroatoms. The van der Waals surface area contributed by atoms with Crippen molar-refractivity contribution in [3.63, 3.8) is 0 Å². The molecule has 0 bridgehead atoms. The summed E-state index contributed by atoms with van der Waals surface area (Å²) in [6.07, 6.45) is 3.29. The first-order valence-electron chi connectivity index (χ1n) is 7.72. The summed E-state index contributed by atoms with van der Waals surface area (Å²) in [7, 11) is 0. The van der Waals surface area contributed by atoms with E-state index in [0.717, 1.165) is 22.5 Å². The van der Waals surface area contributed by atoms with E-state index in [1.54, 1.807) is 0 Å². The van der Waals surface area contributed by atoms with E-state index in [4.69, 9.17) is 0 Å². The van der Waals surface area contributed by atoms with E-state index in [-0.39, 0.29) is 17.9 Å². The summed E-state index contributed by atoms with van der Waals surface area (Å²) in [5, 5.41) is 0.600. The fraction of sp³-hybridized carbons (Fsp3) is 0.278. The Bertz CT molecular complexity index is 907. The number of benzene rings is 1. The molecule has 2 heterocycles. The zero-order valence-electron chi connectivity index (χ0n) is 13.2. The first kappa shape index (κ1) is 15.6. The van der Waals surface area contributed by atoms with Gasteiger partial charge >= 0.3 is 0 Å². The maximum Gasteiger partial charge on any atom is 0.262 e. The van der Waals surface area contributed by atoms with Crippen LogP contribution in [0.2, 0.25) is 0 Å². The number of aryl methyl sites for hydroxylation is 2. The molecule has 4 nitrogen and oxygen atoms in total. The SMILES string of the molecule is CCc1ccc(C(=O)Cn2cnc3sc(CC)cc3c2=O)cc1. The minimum atomic E-state index is -0.149. The van der Waals surface area contributed by atoms with Crippen LogP contribution in [0.15, 0.2) is 41.5 Å². The van der Waals surface area contributed by atoms with Crippen LogP contribution in [0.1, 0.15) is 34.6 Å². The van der Waals surface area contributed by atoms with Gasteiger partial charge in [-0.2, -0.15) is 0 Å². The molecule has 0 amide bonds. The highest BCUT2D eigenvalue weighted by atomic mass is 32.1. The van der Waals surface area contributed by atoms with Crippen LogP contribution in [0.5, 0.6) is 0 Å². The Hall–Kier alpha value is -2.27. The Morgan fingerprint density at radius 3 is 2.57 bits per heavy atom. The number of fused-ring (bicyclic) bond motifs is 1. The van der Waals surface area contributed by atoms with E-state index in [1.807, 2.05) is 37.3 Å². The Balaban J connectivity index is 1.89. The number of carbonyl (C=O) groups excluding carboxylic acids is 1. The summed E-state index contributed by atoms with van der Waals surface area (Å²) in [6, 6.07) is 9.41. The predicted molar refractivity (Wildman–Crippen MR) is 93.4 cm³/mol. The average molecular weight is 326 g/mol. The third kappa shape index (κ3) is 3.10.